The number of rotatable bonds is 32. The largest absolute Gasteiger partial charge is 0.394 e. The van der Waals surface area contributed by atoms with Crippen molar-refractivity contribution in [1.82, 2.24) is 5.32 Å². The molecule has 0 rings (SSSR count). The molecule has 4 nitrogen and oxygen atoms in total. The van der Waals surface area contributed by atoms with Crippen molar-refractivity contribution in [2.75, 3.05) is 6.61 Å². The van der Waals surface area contributed by atoms with Crippen LogP contribution in [0.4, 0.5) is 0 Å². The van der Waals surface area contributed by atoms with Crippen molar-refractivity contribution in [2.24, 2.45) is 0 Å². The Balaban J connectivity index is 3.64. The van der Waals surface area contributed by atoms with Crippen molar-refractivity contribution in [3.63, 3.8) is 0 Å². The van der Waals surface area contributed by atoms with E-state index in [1.54, 1.807) is 6.08 Å². The zero-order chi connectivity index (χ0) is 33.6. The second-order valence-corrected chi connectivity index (χ2v) is 12.2. The fourth-order valence-electron chi connectivity index (χ4n) is 4.98. The van der Waals surface area contributed by atoms with Crippen LogP contribution in [0.3, 0.4) is 0 Å². The number of hydrogen-bond donors (Lipinski definition) is 3. The lowest BCUT2D eigenvalue weighted by atomic mass is 10.1. The Hall–Kier alpha value is -2.43. The lowest BCUT2D eigenvalue weighted by molar-refractivity contribution is -0.123. The number of amides is 1. The molecular formula is C42H71NO3. The van der Waals surface area contributed by atoms with E-state index in [0.717, 1.165) is 70.6 Å². The van der Waals surface area contributed by atoms with Gasteiger partial charge in [0.05, 0.1) is 18.8 Å². The fourth-order valence-corrected chi connectivity index (χ4v) is 4.98. The average molecular weight is 638 g/mol. The van der Waals surface area contributed by atoms with Gasteiger partial charge in [0, 0.05) is 6.42 Å². The molecule has 262 valence electrons. The Kier molecular flexibility index (Phi) is 35.1. The van der Waals surface area contributed by atoms with Crippen molar-refractivity contribution in [3.05, 3.63) is 85.1 Å². The maximum atomic E-state index is 12.3. The zero-order valence-corrected chi connectivity index (χ0v) is 29.8. The molecule has 0 aliphatic carbocycles. The number of hydrogen-bond acceptors (Lipinski definition) is 3. The van der Waals surface area contributed by atoms with Gasteiger partial charge in [-0.25, -0.2) is 0 Å². The first-order valence-electron chi connectivity index (χ1n) is 18.8. The van der Waals surface area contributed by atoms with E-state index in [2.05, 4.69) is 92.1 Å². The lowest BCUT2D eigenvalue weighted by Gasteiger charge is -2.19. The minimum absolute atomic E-state index is 0.0889. The highest BCUT2D eigenvalue weighted by Gasteiger charge is 2.17. The van der Waals surface area contributed by atoms with E-state index in [1.807, 2.05) is 6.08 Å². The number of carbonyl (C=O) groups excluding carboxylic acids is 1. The van der Waals surface area contributed by atoms with Crippen molar-refractivity contribution in [2.45, 2.75) is 167 Å². The van der Waals surface area contributed by atoms with Crippen molar-refractivity contribution in [1.29, 1.82) is 0 Å². The highest BCUT2D eigenvalue weighted by molar-refractivity contribution is 5.76. The van der Waals surface area contributed by atoms with Crippen LogP contribution in [0, 0.1) is 0 Å². The quantitative estimate of drug-likeness (QED) is 0.0508. The molecule has 0 bridgehead atoms. The van der Waals surface area contributed by atoms with E-state index in [4.69, 9.17) is 0 Å². The van der Waals surface area contributed by atoms with Gasteiger partial charge in [0.2, 0.25) is 5.91 Å². The van der Waals surface area contributed by atoms with Gasteiger partial charge in [-0.2, -0.15) is 0 Å². The summed E-state index contributed by atoms with van der Waals surface area (Å²) >= 11 is 0. The molecular weight excluding hydrogens is 566 g/mol. The molecule has 0 aliphatic heterocycles. The number of nitrogens with one attached hydrogen (secondary N) is 1. The molecule has 0 aromatic carbocycles. The summed E-state index contributed by atoms with van der Waals surface area (Å²) < 4.78 is 0. The molecule has 1 amide bonds. The van der Waals surface area contributed by atoms with Crippen LogP contribution in [-0.2, 0) is 4.79 Å². The molecule has 0 saturated carbocycles. The SMILES string of the molecule is CC/C=C\C/C=C\C/C=C\C/C=C\C/C=C\CCCCCCCCCCCC(=O)NC(CO)C(O)/C=C/CC/C=C/CCCCC. The lowest BCUT2D eigenvalue weighted by Crippen LogP contribution is -2.45. The minimum Gasteiger partial charge on any atom is -0.394 e. The molecule has 4 heteroatoms. The summed E-state index contributed by atoms with van der Waals surface area (Å²) in [6.45, 7) is 4.11. The second kappa shape index (κ2) is 37.0. The number of aliphatic hydroxyl groups excluding tert-OH is 2. The number of aliphatic hydroxyl groups is 2. The van der Waals surface area contributed by atoms with Crippen LogP contribution in [0.1, 0.15) is 155 Å². The van der Waals surface area contributed by atoms with Gasteiger partial charge >= 0.3 is 0 Å². The predicted octanol–water partition coefficient (Wildman–Crippen LogP) is 11.3. The van der Waals surface area contributed by atoms with Gasteiger partial charge < -0.3 is 15.5 Å². The van der Waals surface area contributed by atoms with E-state index >= 15 is 0 Å². The molecule has 2 unspecified atom stereocenters. The standard InChI is InChI=1S/C42H71NO3/c1-3-5-7-9-11-13-14-15-16-17-18-19-20-21-22-23-24-25-26-27-28-30-32-34-36-38-42(46)43-40(39-44)41(45)37-35-33-31-29-12-10-8-6-4-2/h5,7,11-13,15-16,18-19,21-22,29,35,37,40-41,44-45H,3-4,6,8-10,14,17,20,23-28,30-34,36,38-39H2,1-2H3,(H,43,46)/b7-5-,13-11-,16-15-,19-18-,22-21-,29-12+,37-35+. The monoisotopic (exact) mass is 638 g/mol. The van der Waals surface area contributed by atoms with Gasteiger partial charge in [-0.05, 0) is 77.0 Å². The Morgan fingerprint density at radius 3 is 1.52 bits per heavy atom. The third-order valence-electron chi connectivity index (χ3n) is 7.86. The summed E-state index contributed by atoms with van der Waals surface area (Å²) in [5.74, 6) is -0.0889. The highest BCUT2D eigenvalue weighted by Crippen LogP contribution is 2.12. The van der Waals surface area contributed by atoms with Gasteiger partial charge in [0.25, 0.3) is 0 Å². The van der Waals surface area contributed by atoms with Crippen LogP contribution >= 0.6 is 0 Å². The fraction of sp³-hybridized carbons (Fsp3) is 0.643. The highest BCUT2D eigenvalue weighted by atomic mass is 16.3. The molecule has 0 radical (unpaired) electrons. The summed E-state index contributed by atoms with van der Waals surface area (Å²) in [6.07, 6.45) is 53.9. The number of unbranched alkanes of at least 4 members (excludes halogenated alkanes) is 13. The summed E-state index contributed by atoms with van der Waals surface area (Å²) in [6, 6.07) is -0.644. The Labute approximate surface area is 284 Å². The van der Waals surface area contributed by atoms with Crippen molar-refractivity contribution in [3.8, 4) is 0 Å². The Bertz CT molecular complexity index is 864. The molecule has 46 heavy (non-hydrogen) atoms. The number of allylic oxidation sites excluding steroid dienone is 13. The summed E-state index contributed by atoms with van der Waals surface area (Å²) in [7, 11) is 0. The maximum Gasteiger partial charge on any atom is 0.220 e. The zero-order valence-electron chi connectivity index (χ0n) is 29.8. The second-order valence-electron chi connectivity index (χ2n) is 12.2. The van der Waals surface area contributed by atoms with Crippen LogP contribution in [0.2, 0.25) is 0 Å². The number of carbonyl (C=O) groups is 1. The molecule has 0 saturated heterocycles. The van der Waals surface area contributed by atoms with Crippen LogP contribution in [0.5, 0.6) is 0 Å². The van der Waals surface area contributed by atoms with Crippen LogP contribution < -0.4 is 5.32 Å². The molecule has 0 heterocycles. The van der Waals surface area contributed by atoms with E-state index in [9.17, 15) is 15.0 Å². The van der Waals surface area contributed by atoms with Gasteiger partial charge in [-0.1, -0.05) is 157 Å². The Morgan fingerprint density at radius 1 is 0.543 bits per heavy atom. The third kappa shape index (κ3) is 32.9. The first kappa shape index (κ1) is 43.6. The van der Waals surface area contributed by atoms with E-state index in [1.165, 1.54) is 64.2 Å². The maximum absolute atomic E-state index is 12.3. The summed E-state index contributed by atoms with van der Waals surface area (Å²) in [5.41, 5.74) is 0. The molecule has 0 spiro atoms. The minimum atomic E-state index is -0.866. The van der Waals surface area contributed by atoms with Crippen molar-refractivity contribution < 1.29 is 15.0 Å². The van der Waals surface area contributed by atoms with Gasteiger partial charge in [0.15, 0.2) is 0 Å². The predicted molar refractivity (Wildman–Crippen MR) is 202 cm³/mol. The van der Waals surface area contributed by atoms with Gasteiger partial charge in [-0.3, -0.25) is 4.79 Å². The average Bonchev–Trinajstić information content (AvgIpc) is 3.06. The first-order valence-corrected chi connectivity index (χ1v) is 18.8. The van der Waals surface area contributed by atoms with E-state index in [0.29, 0.717) is 6.42 Å². The normalized spacial score (nSPS) is 14.1. The molecule has 2 atom stereocenters. The topological polar surface area (TPSA) is 69.6 Å². The Morgan fingerprint density at radius 2 is 0.978 bits per heavy atom. The van der Waals surface area contributed by atoms with E-state index < -0.39 is 12.1 Å². The van der Waals surface area contributed by atoms with Crippen LogP contribution in [0.25, 0.3) is 0 Å². The van der Waals surface area contributed by atoms with Gasteiger partial charge in [0.1, 0.15) is 0 Å². The summed E-state index contributed by atoms with van der Waals surface area (Å²) in [4.78, 5) is 12.3. The van der Waals surface area contributed by atoms with Crippen LogP contribution in [-0.4, -0.2) is 34.9 Å². The van der Waals surface area contributed by atoms with Crippen LogP contribution in [0.15, 0.2) is 85.1 Å². The molecule has 0 aliphatic rings. The first-order chi connectivity index (χ1) is 22.7. The van der Waals surface area contributed by atoms with Gasteiger partial charge in [-0.15, -0.1) is 0 Å². The molecule has 0 aromatic rings. The van der Waals surface area contributed by atoms with E-state index in [-0.39, 0.29) is 12.5 Å². The third-order valence-corrected chi connectivity index (χ3v) is 7.86. The summed E-state index contributed by atoms with van der Waals surface area (Å²) in [5, 5.41) is 22.8. The smallest absolute Gasteiger partial charge is 0.220 e. The molecule has 0 fully saturated rings. The van der Waals surface area contributed by atoms with Crippen molar-refractivity contribution >= 4 is 5.91 Å². The molecule has 3 N–H and O–H groups in total. The molecule has 0 aromatic heterocycles.